The van der Waals surface area contributed by atoms with Gasteiger partial charge in [-0.2, -0.15) is 0 Å². The van der Waals surface area contributed by atoms with Crippen LogP contribution in [0.3, 0.4) is 0 Å². The molecule has 44 heavy (non-hydrogen) atoms. The van der Waals surface area contributed by atoms with Crippen molar-refractivity contribution < 1.29 is 36.9 Å². The maximum absolute atomic E-state index is 11.6. The SMILES string of the molecule is C=CC1=C(C)c2cc3[n-]c(cc4nc(cc5[n-]c(cc1n2)c(C)c5[C@H]1C[SH+]1)C(C)=C4CCC(=O)O)c(CCC(=O)O)c3C.[Fe+2]. The zero-order valence-corrected chi connectivity index (χ0v) is 27.0. The Hall–Kier alpha value is -3.85. The second-order valence-corrected chi connectivity index (χ2v) is 12.6. The van der Waals surface area contributed by atoms with Crippen molar-refractivity contribution in [2.24, 2.45) is 0 Å². The second-order valence-electron chi connectivity index (χ2n) is 11.3. The first-order valence-corrected chi connectivity index (χ1v) is 15.5. The molecule has 6 heterocycles. The summed E-state index contributed by atoms with van der Waals surface area (Å²) in [6.45, 7) is 12.1. The van der Waals surface area contributed by atoms with E-state index in [9.17, 15) is 19.8 Å². The zero-order chi connectivity index (χ0) is 30.6. The molecule has 3 aromatic rings. The molecule has 0 aromatic carbocycles. The molecule has 6 rings (SSSR count). The number of fused-ring (bicyclic) bond motifs is 8. The van der Waals surface area contributed by atoms with Gasteiger partial charge < -0.3 is 20.2 Å². The summed E-state index contributed by atoms with van der Waals surface area (Å²) in [6, 6.07) is 7.88. The van der Waals surface area contributed by atoms with Crippen molar-refractivity contribution in [2.75, 3.05) is 5.75 Å². The van der Waals surface area contributed by atoms with E-state index in [4.69, 9.17) is 19.9 Å². The quantitative estimate of drug-likeness (QED) is 0.132. The van der Waals surface area contributed by atoms with Gasteiger partial charge in [0.2, 0.25) is 0 Å². The zero-order valence-electron chi connectivity index (χ0n) is 25.0. The third-order valence-corrected chi connectivity index (χ3v) is 9.55. The monoisotopic (exact) mass is 649 g/mol. The fraction of sp³-hybridized carbons (Fsp3) is 0.294. The molecular weight excluding hydrogens is 616 g/mol. The maximum Gasteiger partial charge on any atom is 2.00 e. The Kier molecular flexibility index (Phi) is 8.80. The predicted molar refractivity (Wildman–Crippen MR) is 173 cm³/mol. The molecule has 3 aromatic heterocycles. The van der Waals surface area contributed by atoms with E-state index >= 15 is 0 Å². The molecule has 226 valence electrons. The number of aryl methyl sites for hydroxylation is 3. The van der Waals surface area contributed by atoms with Gasteiger partial charge in [0.1, 0.15) is 0 Å². The number of carboxylic acid groups (broad SMARTS) is 2. The van der Waals surface area contributed by atoms with E-state index in [1.165, 1.54) is 17.3 Å². The van der Waals surface area contributed by atoms with E-state index in [1.54, 1.807) is 0 Å². The minimum Gasteiger partial charge on any atom is -0.657 e. The average molecular weight is 650 g/mol. The molecule has 2 N–H and O–H groups in total. The first-order chi connectivity index (χ1) is 20.5. The topological polar surface area (TPSA) is 129 Å². The summed E-state index contributed by atoms with van der Waals surface area (Å²) >= 11 is 1.38. The van der Waals surface area contributed by atoms with E-state index in [0.29, 0.717) is 34.8 Å². The number of hydrogen-bond donors (Lipinski definition) is 2. The molecule has 0 amide bonds. The molecular formula is C34H33FeN4O4S+. The summed E-state index contributed by atoms with van der Waals surface area (Å²) in [5, 5.41) is 19.4. The Labute approximate surface area is 270 Å². The number of hydrogen-bond acceptors (Lipinski definition) is 4. The largest absolute Gasteiger partial charge is 2.00 e. The molecule has 0 aliphatic carbocycles. The van der Waals surface area contributed by atoms with Crippen LogP contribution in [0.2, 0.25) is 0 Å². The number of allylic oxidation sites excluding steroid dienone is 5. The minimum atomic E-state index is -0.885. The van der Waals surface area contributed by atoms with E-state index in [1.807, 2.05) is 51.1 Å². The van der Waals surface area contributed by atoms with Gasteiger partial charge in [0.15, 0.2) is 11.0 Å². The van der Waals surface area contributed by atoms with Gasteiger partial charge in [-0.25, -0.2) is 9.97 Å². The molecule has 3 aliphatic rings. The van der Waals surface area contributed by atoms with Crippen molar-refractivity contribution in [3.8, 4) is 0 Å². The summed E-state index contributed by atoms with van der Waals surface area (Å²) < 4.78 is 0. The molecule has 8 bridgehead atoms. The van der Waals surface area contributed by atoms with Crippen molar-refractivity contribution in [3.63, 3.8) is 0 Å². The van der Waals surface area contributed by atoms with Crippen molar-refractivity contribution in [1.82, 2.24) is 19.9 Å². The van der Waals surface area contributed by atoms with Crippen LogP contribution in [0.4, 0.5) is 0 Å². The molecule has 10 heteroatoms. The summed E-state index contributed by atoms with van der Waals surface area (Å²) in [5.74, 6) is -0.670. The van der Waals surface area contributed by atoms with E-state index in [2.05, 4.69) is 13.5 Å². The summed E-state index contributed by atoms with van der Waals surface area (Å²) in [4.78, 5) is 43.1. The first-order valence-electron chi connectivity index (χ1n) is 14.3. The molecule has 3 aliphatic heterocycles. The molecule has 1 atom stereocenters. The third-order valence-electron chi connectivity index (χ3n) is 8.56. The van der Waals surface area contributed by atoms with Crippen LogP contribution in [-0.4, -0.2) is 37.9 Å². The maximum atomic E-state index is 11.6. The number of nitrogens with zero attached hydrogens (tertiary/aromatic N) is 4. The molecule has 1 saturated heterocycles. The number of aromatic nitrogens is 4. The van der Waals surface area contributed by atoms with E-state index in [-0.39, 0.29) is 29.9 Å². The Morgan fingerprint density at radius 2 is 1.39 bits per heavy atom. The molecule has 0 radical (unpaired) electrons. The van der Waals surface area contributed by atoms with Crippen molar-refractivity contribution in [3.05, 3.63) is 81.9 Å². The number of carboxylic acids is 2. The van der Waals surface area contributed by atoms with Gasteiger partial charge >= 0.3 is 29.0 Å². The standard InChI is InChI=1S/C34H34N4O4S.Fe/c1-6-20-16(2)23-11-24-17(3)21(7-9-32(39)40)28(36-24)14-29-22(8-10-33(41)42)18(4)25(37-29)13-30-34(31-15-43-31)19(5)26(38-30)12-27(20)35-23;/h6,11-14,31H,1,7-10,15H2,2-5H3,(H4,35,36,37,38,39,40,41,42);/q;+2/p-1/t31-;/m1./s1. The van der Waals surface area contributed by atoms with Crippen molar-refractivity contribution >= 4 is 68.1 Å². The van der Waals surface area contributed by atoms with Gasteiger partial charge in [-0.3, -0.25) is 9.59 Å². The van der Waals surface area contributed by atoms with E-state index in [0.717, 1.165) is 72.9 Å². The van der Waals surface area contributed by atoms with Crippen LogP contribution in [-0.2, 0) is 44.8 Å². The van der Waals surface area contributed by atoms with Crippen LogP contribution in [0.25, 0.3) is 44.4 Å². The summed E-state index contributed by atoms with van der Waals surface area (Å²) in [5.41, 5.74) is 13.8. The molecule has 1 fully saturated rings. The van der Waals surface area contributed by atoms with Crippen LogP contribution >= 0.6 is 0 Å². The van der Waals surface area contributed by atoms with Crippen LogP contribution in [0.1, 0.15) is 83.4 Å². The number of aliphatic carboxylic acids is 2. The van der Waals surface area contributed by atoms with Crippen LogP contribution in [0, 0.1) is 13.8 Å². The van der Waals surface area contributed by atoms with Crippen molar-refractivity contribution in [2.45, 2.75) is 58.6 Å². The third kappa shape index (κ3) is 5.82. The second kappa shape index (κ2) is 12.3. The van der Waals surface area contributed by atoms with Gasteiger partial charge in [0, 0.05) is 18.4 Å². The predicted octanol–water partition coefficient (Wildman–Crippen LogP) is 5.99. The smallest absolute Gasteiger partial charge is 0.657 e. The fourth-order valence-corrected chi connectivity index (χ4v) is 6.81. The van der Waals surface area contributed by atoms with Crippen LogP contribution in [0.15, 0.2) is 36.9 Å². The van der Waals surface area contributed by atoms with Crippen LogP contribution in [0.5, 0.6) is 0 Å². The van der Waals surface area contributed by atoms with Gasteiger partial charge in [0.05, 0.1) is 22.8 Å². The Morgan fingerprint density at radius 3 is 2.05 bits per heavy atom. The molecule has 8 nitrogen and oxygen atoms in total. The average Bonchev–Trinajstić information content (AvgIpc) is 3.50. The molecule has 0 spiro atoms. The first kappa shape index (κ1) is 31.6. The normalized spacial score (nSPS) is 15.8. The number of thiol groups is 1. The number of rotatable bonds is 8. The summed E-state index contributed by atoms with van der Waals surface area (Å²) in [7, 11) is 0. The van der Waals surface area contributed by atoms with Gasteiger partial charge in [-0.15, -0.1) is 22.1 Å². The Morgan fingerprint density at radius 1 is 0.841 bits per heavy atom. The van der Waals surface area contributed by atoms with Crippen LogP contribution < -0.4 is 9.97 Å². The fourth-order valence-electron chi connectivity index (χ4n) is 6.01. The summed E-state index contributed by atoms with van der Waals surface area (Å²) in [6.07, 6.45) is 2.39. The van der Waals surface area contributed by atoms with Gasteiger partial charge in [-0.1, -0.05) is 53.6 Å². The van der Waals surface area contributed by atoms with E-state index < -0.39 is 11.9 Å². The Bertz CT molecular complexity index is 1960. The van der Waals surface area contributed by atoms with Gasteiger partial charge in [0.25, 0.3) is 0 Å². The Balaban J connectivity index is 0.00000384. The minimum absolute atomic E-state index is 0. The molecule has 0 unspecified atom stereocenters. The van der Waals surface area contributed by atoms with Crippen molar-refractivity contribution in [1.29, 1.82) is 0 Å². The molecule has 0 saturated carbocycles. The number of carbonyl (C=O) groups is 2. The van der Waals surface area contributed by atoms with Gasteiger partial charge in [-0.05, 0) is 74.6 Å².